The molecule has 2 aromatic heterocycles. The van der Waals surface area contributed by atoms with Gasteiger partial charge in [-0.3, -0.25) is 0 Å². The molecule has 23 heavy (non-hydrogen) atoms. The van der Waals surface area contributed by atoms with E-state index in [2.05, 4.69) is 15.2 Å². The second-order valence-corrected chi connectivity index (χ2v) is 5.41. The molecule has 0 aliphatic carbocycles. The zero-order chi connectivity index (χ0) is 16.4. The first-order chi connectivity index (χ1) is 10.9. The van der Waals surface area contributed by atoms with Gasteiger partial charge in [-0.15, -0.1) is 5.10 Å². The molecule has 0 amide bonds. The van der Waals surface area contributed by atoms with Gasteiger partial charge in [0.15, 0.2) is 5.82 Å². The van der Waals surface area contributed by atoms with Crippen molar-refractivity contribution in [3.05, 3.63) is 41.7 Å². The van der Waals surface area contributed by atoms with Crippen LogP contribution in [0.5, 0.6) is 5.88 Å². The van der Waals surface area contributed by atoms with Crippen molar-refractivity contribution in [3.8, 4) is 5.88 Å². The van der Waals surface area contributed by atoms with Crippen LogP contribution < -0.4 is 9.64 Å². The monoisotopic (exact) mass is 324 g/mol. The molecule has 0 N–H and O–H groups in total. The lowest BCUT2D eigenvalue weighted by Gasteiger charge is -2.20. The summed E-state index contributed by atoms with van der Waals surface area (Å²) in [5.74, 6) is 0.320. The Morgan fingerprint density at radius 1 is 1.26 bits per heavy atom. The van der Waals surface area contributed by atoms with Crippen molar-refractivity contribution < 1.29 is 17.9 Å². The predicted octanol–water partition coefficient (Wildman–Crippen LogP) is 2.86. The third-order valence-corrected chi connectivity index (χ3v) is 3.62. The molecule has 1 atom stereocenters. The van der Waals surface area contributed by atoms with E-state index in [0.717, 1.165) is 17.8 Å². The molecular formula is C15H15F3N4O. The number of hydrogen-bond donors (Lipinski definition) is 0. The van der Waals surface area contributed by atoms with Crippen LogP contribution in [-0.4, -0.2) is 34.4 Å². The summed E-state index contributed by atoms with van der Waals surface area (Å²) >= 11 is 0. The Morgan fingerprint density at radius 3 is 2.78 bits per heavy atom. The van der Waals surface area contributed by atoms with Gasteiger partial charge in [0.2, 0.25) is 5.88 Å². The number of pyridine rings is 1. The van der Waals surface area contributed by atoms with Crippen LogP contribution in [0.25, 0.3) is 0 Å². The van der Waals surface area contributed by atoms with Gasteiger partial charge in [-0.2, -0.15) is 18.3 Å². The summed E-state index contributed by atoms with van der Waals surface area (Å²) in [4.78, 5) is 5.70. The highest BCUT2D eigenvalue weighted by atomic mass is 19.4. The molecule has 0 aromatic carbocycles. The maximum Gasteiger partial charge on any atom is 0.420 e. The van der Waals surface area contributed by atoms with E-state index in [-0.39, 0.29) is 11.9 Å². The van der Waals surface area contributed by atoms with Crippen molar-refractivity contribution in [2.45, 2.75) is 25.6 Å². The van der Waals surface area contributed by atoms with Gasteiger partial charge in [-0.25, -0.2) is 4.98 Å². The van der Waals surface area contributed by atoms with E-state index in [1.807, 2.05) is 13.0 Å². The average Bonchev–Trinajstić information content (AvgIpc) is 2.97. The fourth-order valence-corrected chi connectivity index (χ4v) is 2.49. The van der Waals surface area contributed by atoms with Crippen LogP contribution in [0.15, 0.2) is 30.6 Å². The Kier molecular flexibility index (Phi) is 4.06. The molecule has 3 heterocycles. The molecule has 1 aliphatic heterocycles. The third kappa shape index (κ3) is 3.52. The molecule has 1 unspecified atom stereocenters. The van der Waals surface area contributed by atoms with Gasteiger partial charge >= 0.3 is 6.18 Å². The number of ether oxygens (including phenoxy) is 1. The van der Waals surface area contributed by atoms with E-state index in [4.69, 9.17) is 4.74 Å². The van der Waals surface area contributed by atoms with Crippen LogP contribution in [0.2, 0.25) is 0 Å². The number of rotatable bonds is 3. The van der Waals surface area contributed by atoms with Crippen LogP contribution in [0, 0.1) is 6.92 Å². The van der Waals surface area contributed by atoms with Gasteiger partial charge in [0, 0.05) is 25.2 Å². The fraction of sp³-hybridized carbons (Fsp3) is 0.400. The largest absolute Gasteiger partial charge is 0.472 e. The van der Waals surface area contributed by atoms with Crippen LogP contribution in [0.4, 0.5) is 19.0 Å². The minimum absolute atomic E-state index is 0.150. The first kappa shape index (κ1) is 15.5. The molecule has 0 bridgehead atoms. The van der Waals surface area contributed by atoms with Crippen molar-refractivity contribution in [2.75, 3.05) is 18.0 Å². The van der Waals surface area contributed by atoms with E-state index in [1.54, 1.807) is 17.2 Å². The van der Waals surface area contributed by atoms with Crippen molar-refractivity contribution in [3.63, 3.8) is 0 Å². The molecule has 1 saturated heterocycles. The zero-order valence-electron chi connectivity index (χ0n) is 12.4. The van der Waals surface area contributed by atoms with Crippen molar-refractivity contribution in [1.82, 2.24) is 15.2 Å². The Morgan fingerprint density at radius 2 is 2.09 bits per heavy atom. The second-order valence-electron chi connectivity index (χ2n) is 5.41. The van der Waals surface area contributed by atoms with Gasteiger partial charge in [0.1, 0.15) is 11.7 Å². The topological polar surface area (TPSA) is 51.1 Å². The zero-order valence-corrected chi connectivity index (χ0v) is 12.4. The Bertz CT molecular complexity index is 675. The molecule has 0 spiro atoms. The second kappa shape index (κ2) is 6.02. The molecule has 0 saturated carbocycles. The normalized spacial score (nSPS) is 18.3. The molecule has 1 aliphatic rings. The number of aryl methyl sites for hydroxylation is 1. The van der Waals surface area contributed by atoms with E-state index >= 15 is 0 Å². The highest BCUT2D eigenvalue weighted by Gasteiger charge is 2.38. The lowest BCUT2D eigenvalue weighted by atomic mass is 10.2. The molecule has 5 nitrogen and oxygen atoms in total. The third-order valence-electron chi connectivity index (χ3n) is 3.62. The number of alkyl halides is 3. The maximum atomic E-state index is 13.0. The summed E-state index contributed by atoms with van der Waals surface area (Å²) in [7, 11) is 0. The van der Waals surface area contributed by atoms with E-state index in [1.165, 1.54) is 0 Å². The molecule has 2 aromatic rings. The van der Waals surface area contributed by atoms with E-state index in [9.17, 15) is 13.2 Å². The highest BCUT2D eigenvalue weighted by Crippen LogP contribution is 2.36. The minimum Gasteiger partial charge on any atom is -0.472 e. The average molecular weight is 324 g/mol. The summed E-state index contributed by atoms with van der Waals surface area (Å²) in [6.07, 6.45) is -1.35. The molecule has 8 heteroatoms. The molecule has 122 valence electrons. The number of anilines is 1. The first-order valence-corrected chi connectivity index (χ1v) is 7.16. The molecule has 3 rings (SSSR count). The standard InChI is InChI=1S/C15H15F3N4O/c1-10-2-3-13(19-8-10)23-11-5-7-22(9-11)14-12(15(16,17)18)4-6-20-21-14/h2-4,6,8,11H,5,7,9H2,1H3. The maximum absolute atomic E-state index is 13.0. The summed E-state index contributed by atoms with van der Waals surface area (Å²) in [6.45, 7) is 2.66. The van der Waals surface area contributed by atoms with E-state index < -0.39 is 11.7 Å². The minimum atomic E-state index is -4.46. The quantitative estimate of drug-likeness (QED) is 0.869. The first-order valence-electron chi connectivity index (χ1n) is 7.16. The van der Waals surface area contributed by atoms with Crippen LogP contribution in [-0.2, 0) is 6.18 Å². The lowest BCUT2D eigenvalue weighted by molar-refractivity contribution is -0.137. The van der Waals surface area contributed by atoms with Gasteiger partial charge in [0.05, 0.1) is 12.7 Å². The van der Waals surface area contributed by atoms with Gasteiger partial charge in [-0.1, -0.05) is 6.07 Å². The summed E-state index contributed by atoms with van der Waals surface area (Å²) < 4.78 is 44.9. The smallest absolute Gasteiger partial charge is 0.420 e. The summed E-state index contributed by atoms with van der Waals surface area (Å²) in [6, 6.07) is 4.57. The Balaban J connectivity index is 1.72. The fourth-order valence-electron chi connectivity index (χ4n) is 2.49. The molecule has 1 fully saturated rings. The number of nitrogens with zero attached hydrogens (tertiary/aromatic N) is 4. The summed E-state index contributed by atoms with van der Waals surface area (Å²) in [5, 5.41) is 7.24. The highest BCUT2D eigenvalue weighted by molar-refractivity contribution is 5.48. The lowest BCUT2D eigenvalue weighted by Crippen LogP contribution is -2.28. The number of hydrogen-bond acceptors (Lipinski definition) is 5. The summed E-state index contributed by atoms with van der Waals surface area (Å²) in [5.41, 5.74) is 0.237. The Labute approximate surface area is 131 Å². The van der Waals surface area contributed by atoms with Crippen molar-refractivity contribution in [1.29, 1.82) is 0 Å². The van der Waals surface area contributed by atoms with Crippen LogP contribution in [0.3, 0.4) is 0 Å². The number of halogens is 3. The van der Waals surface area contributed by atoms with Gasteiger partial charge in [-0.05, 0) is 18.6 Å². The SMILES string of the molecule is Cc1ccc(OC2CCN(c3nnccc3C(F)(F)F)C2)nc1. The van der Waals surface area contributed by atoms with Crippen LogP contribution in [0.1, 0.15) is 17.5 Å². The number of aromatic nitrogens is 3. The molecule has 0 radical (unpaired) electrons. The molecular weight excluding hydrogens is 309 g/mol. The van der Waals surface area contributed by atoms with E-state index in [0.29, 0.717) is 25.4 Å². The van der Waals surface area contributed by atoms with Crippen LogP contribution >= 0.6 is 0 Å². The van der Waals surface area contributed by atoms with Gasteiger partial charge in [0.25, 0.3) is 0 Å². The van der Waals surface area contributed by atoms with Gasteiger partial charge < -0.3 is 9.64 Å². The van der Waals surface area contributed by atoms with Crippen molar-refractivity contribution >= 4 is 5.82 Å². The Hall–Kier alpha value is -2.38. The predicted molar refractivity (Wildman–Crippen MR) is 77.3 cm³/mol. The van der Waals surface area contributed by atoms with Crippen molar-refractivity contribution in [2.24, 2.45) is 0 Å².